The molecule has 19 heavy (non-hydrogen) atoms. The maximum atomic E-state index is 11.9. The SMILES string of the molecule is CCCCCCCCC[O][Sn](=[O])[CH2]CCC(F)(F)F. The molecule has 0 unspecified atom stereocenters. The van der Waals surface area contributed by atoms with Crippen LogP contribution in [0, 0.1) is 0 Å². The first kappa shape index (κ1) is 19.3. The zero-order valence-corrected chi connectivity index (χ0v) is 14.6. The molecule has 0 fully saturated rings. The average Bonchev–Trinajstić information content (AvgIpc) is 2.31. The molecule has 0 aromatic carbocycles. The van der Waals surface area contributed by atoms with Gasteiger partial charge in [0, 0.05) is 0 Å². The van der Waals surface area contributed by atoms with Gasteiger partial charge in [-0.2, -0.15) is 0 Å². The molecule has 0 heterocycles. The molecule has 0 aromatic rings. The number of unbranched alkanes of at least 4 members (excludes halogenated alkanes) is 6. The van der Waals surface area contributed by atoms with E-state index in [4.69, 9.17) is 3.07 Å². The van der Waals surface area contributed by atoms with Gasteiger partial charge in [-0.3, -0.25) is 0 Å². The Morgan fingerprint density at radius 2 is 1.53 bits per heavy atom. The fourth-order valence-electron chi connectivity index (χ4n) is 1.75. The Bertz CT molecular complexity index is 232. The normalized spacial score (nSPS) is 11.8. The van der Waals surface area contributed by atoms with E-state index in [0.29, 0.717) is 6.61 Å². The fourth-order valence-corrected chi connectivity index (χ4v) is 4.55. The molecule has 0 aliphatic carbocycles. The third-order valence-electron chi connectivity index (χ3n) is 2.85. The van der Waals surface area contributed by atoms with Gasteiger partial charge in [-0.25, -0.2) is 0 Å². The molecule has 0 N–H and O–H groups in total. The van der Waals surface area contributed by atoms with Gasteiger partial charge in [0.1, 0.15) is 0 Å². The molecule has 0 aliphatic heterocycles. The second-order valence-corrected chi connectivity index (χ2v) is 9.18. The van der Waals surface area contributed by atoms with E-state index in [0.717, 1.165) is 19.3 Å². The van der Waals surface area contributed by atoms with Gasteiger partial charge >= 0.3 is 121 Å². The third-order valence-corrected chi connectivity index (χ3v) is 6.53. The summed E-state index contributed by atoms with van der Waals surface area (Å²) in [5.74, 6) is 0. The van der Waals surface area contributed by atoms with Crippen molar-refractivity contribution in [3.05, 3.63) is 0 Å². The standard InChI is InChI=1S/C9H19O.C4H6F3.O.Sn/c1-2-3-4-5-6-7-8-9-10;1-2-3-4(5,6)7;;/h2-9H2,1H3;1-3H2;;/q-1;;;+1. The molecule has 0 amide bonds. The summed E-state index contributed by atoms with van der Waals surface area (Å²) in [5, 5.41) is 0. The Labute approximate surface area is 121 Å². The first-order valence-corrected chi connectivity index (χ1v) is 11.5. The van der Waals surface area contributed by atoms with E-state index >= 15 is 0 Å². The molecule has 0 spiro atoms. The van der Waals surface area contributed by atoms with Crippen molar-refractivity contribution < 1.29 is 19.3 Å². The first-order valence-electron chi connectivity index (χ1n) is 7.18. The summed E-state index contributed by atoms with van der Waals surface area (Å²) in [6.07, 6.45) is 3.04. The van der Waals surface area contributed by atoms with Crippen LogP contribution in [0.25, 0.3) is 0 Å². The van der Waals surface area contributed by atoms with Gasteiger partial charge in [0.15, 0.2) is 0 Å². The predicted molar refractivity (Wildman–Crippen MR) is 70.5 cm³/mol. The number of rotatable bonds is 12. The molecule has 0 saturated carbocycles. The van der Waals surface area contributed by atoms with E-state index in [1.165, 1.54) is 25.7 Å². The number of halogens is 3. The van der Waals surface area contributed by atoms with E-state index in [9.17, 15) is 16.2 Å². The van der Waals surface area contributed by atoms with Crippen LogP contribution in [-0.2, 0) is 6.15 Å². The van der Waals surface area contributed by atoms with Gasteiger partial charge < -0.3 is 0 Å². The van der Waals surface area contributed by atoms with Crippen LogP contribution in [-0.4, -0.2) is 32.9 Å². The molecule has 0 atom stereocenters. The van der Waals surface area contributed by atoms with Gasteiger partial charge in [0.25, 0.3) is 0 Å². The zero-order chi connectivity index (χ0) is 14.6. The van der Waals surface area contributed by atoms with Crippen LogP contribution in [0.4, 0.5) is 13.2 Å². The summed E-state index contributed by atoms with van der Waals surface area (Å²) in [6.45, 7) is 2.63. The molecule has 0 aliphatic rings. The quantitative estimate of drug-likeness (QED) is 0.346. The summed E-state index contributed by atoms with van der Waals surface area (Å²) in [7, 11) is 0. The van der Waals surface area contributed by atoms with E-state index in [1.807, 2.05) is 0 Å². The molecular formula is C13H25F3O2Sn. The fraction of sp³-hybridized carbons (Fsp3) is 1.00. The maximum absolute atomic E-state index is 11.9. The van der Waals surface area contributed by atoms with Gasteiger partial charge in [-0.05, 0) is 0 Å². The number of hydrogen-bond donors (Lipinski definition) is 0. The Morgan fingerprint density at radius 3 is 2.11 bits per heavy atom. The molecule has 0 radical (unpaired) electrons. The minimum atomic E-state index is -4.14. The summed E-state index contributed by atoms with van der Waals surface area (Å²) in [4.78, 5) is 0. The van der Waals surface area contributed by atoms with Gasteiger partial charge in [0.05, 0.1) is 0 Å². The molecule has 114 valence electrons. The van der Waals surface area contributed by atoms with Crippen molar-refractivity contribution in [1.29, 1.82) is 0 Å². The van der Waals surface area contributed by atoms with Crippen molar-refractivity contribution in [2.75, 3.05) is 6.61 Å². The molecular weight excluding hydrogens is 364 g/mol. The van der Waals surface area contributed by atoms with Crippen molar-refractivity contribution in [2.24, 2.45) is 0 Å². The summed E-state index contributed by atoms with van der Waals surface area (Å²) >= 11 is -3.16. The Balaban J connectivity index is 3.25. The molecule has 6 heteroatoms. The predicted octanol–water partition coefficient (Wildman–Crippen LogP) is 5.01. The van der Waals surface area contributed by atoms with Crippen LogP contribution < -0.4 is 0 Å². The van der Waals surface area contributed by atoms with Crippen molar-refractivity contribution in [2.45, 2.75) is 75.3 Å². The molecule has 0 bridgehead atoms. The molecule has 0 rings (SSSR count). The Kier molecular flexibility index (Phi) is 12.3. The van der Waals surface area contributed by atoms with Gasteiger partial charge in [0.2, 0.25) is 0 Å². The van der Waals surface area contributed by atoms with E-state index in [1.54, 1.807) is 0 Å². The average molecular weight is 389 g/mol. The monoisotopic (exact) mass is 390 g/mol. The molecule has 0 saturated heterocycles. The van der Waals surface area contributed by atoms with Crippen molar-refractivity contribution >= 4 is 20.2 Å². The van der Waals surface area contributed by atoms with Crippen LogP contribution in [0.15, 0.2) is 0 Å². The zero-order valence-electron chi connectivity index (χ0n) is 11.7. The van der Waals surface area contributed by atoms with Crippen LogP contribution in [0.5, 0.6) is 0 Å². The third kappa shape index (κ3) is 16.3. The van der Waals surface area contributed by atoms with E-state index in [2.05, 4.69) is 6.92 Å². The first-order chi connectivity index (χ1) is 8.95. The van der Waals surface area contributed by atoms with Crippen molar-refractivity contribution in [3.63, 3.8) is 0 Å². The second kappa shape index (κ2) is 12.1. The summed E-state index contributed by atoms with van der Waals surface area (Å²) < 4.78 is 52.3. The van der Waals surface area contributed by atoms with E-state index in [-0.39, 0.29) is 10.9 Å². The minimum absolute atomic E-state index is 0.0568. The van der Waals surface area contributed by atoms with Crippen LogP contribution in [0.2, 0.25) is 4.44 Å². The van der Waals surface area contributed by atoms with Gasteiger partial charge in [-0.1, -0.05) is 0 Å². The van der Waals surface area contributed by atoms with Crippen LogP contribution >= 0.6 is 0 Å². The number of alkyl halides is 3. The summed E-state index contributed by atoms with van der Waals surface area (Å²) in [5.41, 5.74) is 0. The Morgan fingerprint density at radius 1 is 0.947 bits per heavy atom. The van der Waals surface area contributed by atoms with Crippen LogP contribution in [0.3, 0.4) is 0 Å². The second-order valence-electron chi connectivity index (χ2n) is 4.81. The molecule has 0 aromatic heterocycles. The van der Waals surface area contributed by atoms with Gasteiger partial charge in [-0.15, -0.1) is 0 Å². The van der Waals surface area contributed by atoms with Crippen LogP contribution in [0.1, 0.15) is 64.7 Å². The molecule has 2 nitrogen and oxygen atoms in total. The van der Waals surface area contributed by atoms with E-state index < -0.39 is 32.8 Å². The van der Waals surface area contributed by atoms with Crippen molar-refractivity contribution in [3.8, 4) is 0 Å². The van der Waals surface area contributed by atoms with Crippen molar-refractivity contribution in [1.82, 2.24) is 0 Å². The Hall–Kier alpha value is 0.349. The summed E-state index contributed by atoms with van der Waals surface area (Å²) in [6, 6.07) is 0. The topological polar surface area (TPSA) is 26.3 Å². The number of hydrogen-bond acceptors (Lipinski definition) is 2.